The third kappa shape index (κ3) is 4.32. The third-order valence-electron chi connectivity index (χ3n) is 5.88. The minimum absolute atomic E-state index is 0.0781. The van der Waals surface area contributed by atoms with E-state index in [4.69, 9.17) is 0 Å². The molecule has 0 unspecified atom stereocenters. The fraction of sp³-hybridized carbons (Fsp3) is 0.185. The number of nitrogens with one attached hydrogen (secondary N) is 1. The monoisotopic (exact) mass is 450 g/mol. The van der Waals surface area contributed by atoms with Crippen molar-refractivity contribution in [3.8, 4) is 0 Å². The molecular weight excluding hydrogens is 424 g/mol. The van der Waals surface area contributed by atoms with Gasteiger partial charge in [-0.3, -0.25) is 9.69 Å². The Hall–Kier alpha value is -4.26. The van der Waals surface area contributed by atoms with Gasteiger partial charge < -0.3 is 5.32 Å². The van der Waals surface area contributed by atoms with E-state index in [9.17, 15) is 4.79 Å². The van der Waals surface area contributed by atoms with Crippen molar-refractivity contribution in [3.63, 3.8) is 0 Å². The molecule has 170 valence electrons. The molecule has 1 N–H and O–H groups in total. The largest absolute Gasteiger partial charge is 0.325 e. The summed E-state index contributed by atoms with van der Waals surface area (Å²) < 4.78 is 1.77. The molecule has 7 heteroatoms. The summed E-state index contributed by atoms with van der Waals surface area (Å²) in [6.07, 6.45) is 2.12. The van der Waals surface area contributed by atoms with Crippen molar-refractivity contribution in [2.45, 2.75) is 26.8 Å². The molecule has 3 aromatic carbocycles. The van der Waals surface area contributed by atoms with E-state index in [0.717, 1.165) is 33.6 Å². The second kappa shape index (κ2) is 8.94. The van der Waals surface area contributed by atoms with Crippen molar-refractivity contribution in [2.75, 3.05) is 16.8 Å². The molecule has 7 nitrogen and oxygen atoms in total. The highest BCUT2D eigenvalue weighted by molar-refractivity contribution is 5.97. The molecule has 0 aliphatic carbocycles. The summed E-state index contributed by atoms with van der Waals surface area (Å²) in [5.41, 5.74) is 7.13. The van der Waals surface area contributed by atoms with Crippen LogP contribution in [-0.4, -0.2) is 32.7 Å². The Labute approximate surface area is 198 Å². The highest BCUT2D eigenvalue weighted by Crippen LogP contribution is 2.36. The Bertz CT molecular complexity index is 1340. The molecular formula is C27H26N6O. The van der Waals surface area contributed by atoms with E-state index in [1.807, 2.05) is 61.2 Å². The molecule has 1 amide bonds. The summed E-state index contributed by atoms with van der Waals surface area (Å²) >= 11 is 0. The summed E-state index contributed by atoms with van der Waals surface area (Å²) in [5, 5.41) is 15.5. The van der Waals surface area contributed by atoms with Crippen molar-refractivity contribution in [1.29, 1.82) is 0 Å². The lowest BCUT2D eigenvalue weighted by atomic mass is 10.00. The van der Waals surface area contributed by atoms with Crippen molar-refractivity contribution in [2.24, 2.45) is 0 Å². The molecule has 0 radical (unpaired) electrons. The van der Waals surface area contributed by atoms with Crippen molar-refractivity contribution < 1.29 is 4.79 Å². The SMILES string of the molecule is Cc1ccc([C@H]2C=C(c3ccccc3)N(CC(=O)Nc3cc(C)cc(C)c3)c3nnnn32)cc1. The number of rotatable bonds is 5. The summed E-state index contributed by atoms with van der Waals surface area (Å²) in [7, 11) is 0. The Morgan fingerprint density at radius 1 is 0.912 bits per heavy atom. The molecule has 5 rings (SSSR count). The molecule has 1 atom stereocenters. The van der Waals surface area contributed by atoms with Crippen LogP contribution in [0.5, 0.6) is 0 Å². The Kier molecular flexibility index (Phi) is 5.67. The fourth-order valence-electron chi connectivity index (χ4n) is 4.37. The summed E-state index contributed by atoms with van der Waals surface area (Å²) in [4.78, 5) is 15.0. The van der Waals surface area contributed by atoms with Crippen LogP contribution in [-0.2, 0) is 4.79 Å². The standard InChI is InChI=1S/C27H26N6O/c1-18-9-11-22(12-10-18)25-16-24(21-7-5-4-6-8-21)32(27-29-30-31-33(25)27)17-26(34)28-23-14-19(2)13-20(3)15-23/h4-16,25H,17H2,1-3H3,(H,28,34)/t25-/m1/s1. The Balaban J connectivity index is 1.52. The van der Waals surface area contributed by atoms with Crippen LogP contribution in [0.25, 0.3) is 5.70 Å². The van der Waals surface area contributed by atoms with Crippen LogP contribution in [0.2, 0.25) is 0 Å². The zero-order chi connectivity index (χ0) is 23.7. The minimum Gasteiger partial charge on any atom is -0.325 e. The number of aryl methyl sites for hydroxylation is 3. The van der Waals surface area contributed by atoms with Gasteiger partial charge in [0.15, 0.2) is 0 Å². The van der Waals surface area contributed by atoms with Gasteiger partial charge in [0.05, 0.1) is 5.70 Å². The van der Waals surface area contributed by atoms with Crippen LogP contribution in [0, 0.1) is 20.8 Å². The van der Waals surface area contributed by atoms with E-state index in [0.29, 0.717) is 5.95 Å². The van der Waals surface area contributed by atoms with Gasteiger partial charge in [-0.15, -0.1) is 0 Å². The van der Waals surface area contributed by atoms with Crippen molar-refractivity contribution in [1.82, 2.24) is 20.2 Å². The van der Waals surface area contributed by atoms with Crippen LogP contribution in [0.3, 0.4) is 0 Å². The average molecular weight is 451 g/mol. The summed E-state index contributed by atoms with van der Waals surface area (Å²) in [6.45, 7) is 6.18. The van der Waals surface area contributed by atoms with Crippen LogP contribution < -0.4 is 10.2 Å². The number of aromatic nitrogens is 4. The third-order valence-corrected chi connectivity index (χ3v) is 5.88. The van der Waals surface area contributed by atoms with Gasteiger partial charge in [-0.05, 0) is 71.7 Å². The van der Waals surface area contributed by atoms with Crippen molar-refractivity contribution in [3.05, 3.63) is 107 Å². The van der Waals surface area contributed by atoms with E-state index in [1.165, 1.54) is 5.56 Å². The average Bonchev–Trinajstić information content (AvgIpc) is 3.30. The lowest BCUT2D eigenvalue weighted by Gasteiger charge is -2.32. The van der Waals surface area contributed by atoms with Crippen LogP contribution in [0.4, 0.5) is 11.6 Å². The van der Waals surface area contributed by atoms with Crippen LogP contribution in [0.1, 0.15) is 33.9 Å². The zero-order valence-corrected chi connectivity index (χ0v) is 19.4. The number of benzene rings is 3. The van der Waals surface area contributed by atoms with Gasteiger partial charge in [0, 0.05) is 5.69 Å². The predicted molar refractivity (Wildman–Crippen MR) is 133 cm³/mol. The number of carbonyl (C=O) groups excluding carboxylic acids is 1. The molecule has 1 aromatic heterocycles. The van der Waals surface area contributed by atoms with Gasteiger partial charge in [-0.1, -0.05) is 71.3 Å². The van der Waals surface area contributed by atoms with Gasteiger partial charge >= 0.3 is 0 Å². The predicted octanol–water partition coefficient (Wildman–Crippen LogP) is 4.69. The first kappa shape index (κ1) is 21.6. The van der Waals surface area contributed by atoms with Crippen LogP contribution >= 0.6 is 0 Å². The Morgan fingerprint density at radius 2 is 1.62 bits per heavy atom. The van der Waals surface area contributed by atoms with E-state index >= 15 is 0 Å². The molecule has 1 aliphatic heterocycles. The molecule has 34 heavy (non-hydrogen) atoms. The molecule has 1 aliphatic rings. The first-order valence-corrected chi connectivity index (χ1v) is 11.3. The number of anilines is 2. The number of hydrogen-bond acceptors (Lipinski definition) is 5. The molecule has 0 saturated heterocycles. The number of nitrogens with zero attached hydrogens (tertiary/aromatic N) is 5. The number of fused-ring (bicyclic) bond motifs is 1. The molecule has 2 heterocycles. The molecule has 0 fully saturated rings. The van der Waals surface area contributed by atoms with Gasteiger partial charge in [-0.25, -0.2) is 0 Å². The maximum Gasteiger partial charge on any atom is 0.251 e. The summed E-state index contributed by atoms with van der Waals surface area (Å²) in [6, 6.07) is 24.2. The summed E-state index contributed by atoms with van der Waals surface area (Å²) in [5.74, 6) is 0.387. The first-order chi connectivity index (χ1) is 16.5. The van der Waals surface area contributed by atoms with Gasteiger partial charge in [0.25, 0.3) is 5.95 Å². The van der Waals surface area contributed by atoms with Gasteiger partial charge in [0.2, 0.25) is 5.91 Å². The molecule has 0 saturated carbocycles. The number of hydrogen-bond donors (Lipinski definition) is 1. The number of allylic oxidation sites excluding steroid dienone is 1. The van der Waals surface area contributed by atoms with Crippen molar-refractivity contribution >= 4 is 23.2 Å². The second-order valence-corrected chi connectivity index (χ2v) is 8.71. The highest BCUT2D eigenvalue weighted by atomic mass is 16.2. The second-order valence-electron chi connectivity index (χ2n) is 8.71. The lowest BCUT2D eigenvalue weighted by Crippen LogP contribution is -2.37. The van der Waals surface area contributed by atoms with E-state index in [-0.39, 0.29) is 18.5 Å². The topological polar surface area (TPSA) is 75.9 Å². The van der Waals surface area contributed by atoms with E-state index in [1.54, 1.807) is 4.68 Å². The maximum absolute atomic E-state index is 13.1. The highest BCUT2D eigenvalue weighted by Gasteiger charge is 2.31. The van der Waals surface area contributed by atoms with E-state index in [2.05, 4.69) is 64.2 Å². The number of tetrazole rings is 1. The molecule has 0 bridgehead atoms. The number of carbonyl (C=O) groups is 1. The Morgan fingerprint density at radius 3 is 2.32 bits per heavy atom. The van der Waals surface area contributed by atoms with Gasteiger partial charge in [0.1, 0.15) is 12.6 Å². The van der Waals surface area contributed by atoms with Crippen LogP contribution in [0.15, 0.2) is 78.9 Å². The number of amides is 1. The first-order valence-electron chi connectivity index (χ1n) is 11.3. The van der Waals surface area contributed by atoms with Gasteiger partial charge in [-0.2, -0.15) is 4.68 Å². The normalized spacial score (nSPS) is 15.0. The minimum atomic E-state index is -0.181. The fourth-order valence-corrected chi connectivity index (χ4v) is 4.37. The quantitative estimate of drug-likeness (QED) is 0.478. The maximum atomic E-state index is 13.1. The smallest absolute Gasteiger partial charge is 0.251 e. The van der Waals surface area contributed by atoms with E-state index < -0.39 is 0 Å². The lowest BCUT2D eigenvalue weighted by molar-refractivity contribution is -0.114. The molecule has 0 spiro atoms. The zero-order valence-electron chi connectivity index (χ0n) is 19.4. The molecule has 4 aromatic rings.